The molecule has 6 heteroatoms. The predicted molar refractivity (Wildman–Crippen MR) is 77.2 cm³/mol. The van der Waals surface area contributed by atoms with Crippen LogP contribution in [0.4, 0.5) is 0 Å². The number of nitrogens with zero attached hydrogens (tertiary/aromatic N) is 1. The summed E-state index contributed by atoms with van der Waals surface area (Å²) in [5, 5.41) is 11.9. The summed E-state index contributed by atoms with van der Waals surface area (Å²) in [6, 6.07) is 7.69. The lowest BCUT2D eigenvalue weighted by Crippen LogP contribution is -2.20. The number of carbonyl (C=O) groups is 1. The summed E-state index contributed by atoms with van der Waals surface area (Å²) in [6.45, 7) is 0.278. The van der Waals surface area contributed by atoms with Crippen LogP contribution in [0.2, 0.25) is 0 Å². The van der Waals surface area contributed by atoms with E-state index in [2.05, 4.69) is 26.2 Å². The van der Waals surface area contributed by atoms with Crippen LogP contribution in [0.5, 0.6) is 0 Å². The third kappa shape index (κ3) is 3.44. The zero-order valence-electron chi connectivity index (χ0n) is 9.39. The second kappa shape index (κ2) is 6.17. The maximum Gasteiger partial charge on any atom is 0.264 e. The number of amidine groups is 1. The minimum absolute atomic E-state index is 0.0221. The zero-order valence-corrected chi connectivity index (χ0v) is 11.8. The van der Waals surface area contributed by atoms with Crippen molar-refractivity contribution in [1.29, 1.82) is 0 Å². The molecule has 1 aliphatic heterocycles. The quantitative estimate of drug-likeness (QED) is 0.835. The Balaban J connectivity index is 2.14. The van der Waals surface area contributed by atoms with Crippen molar-refractivity contribution in [3.05, 3.63) is 39.2 Å². The van der Waals surface area contributed by atoms with Crippen LogP contribution in [0, 0.1) is 0 Å². The van der Waals surface area contributed by atoms with Crippen molar-refractivity contribution in [2.45, 2.75) is 0 Å². The first-order chi connectivity index (χ1) is 8.69. The van der Waals surface area contributed by atoms with E-state index < -0.39 is 0 Å². The van der Waals surface area contributed by atoms with Gasteiger partial charge in [-0.05, 0) is 35.5 Å². The van der Waals surface area contributed by atoms with Gasteiger partial charge in [0.15, 0.2) is 5.17 Å². The van der Waals surface area contributed by atoms with E-state index in [1.807, 2.05) is 30.3 Å². The van der Waals surface area contributed by atoms with E-state index in [1.54, 1.807) is 0 Å². The molecule has 0 saturated carbocycles. The van der Waals surface area contributed by atoms with Crippen molar-refractivity contribution in [1.82, 2.24) is 5.32 Å². The predicted octanol–water partition coefficient (Wildman–Crippen LogP) is 2.00. The maximum absolute atomic E-state index is 11.7. The van der Waals surface area contributed by atoms with E-state index in [0.29, 0.717) is 16.6 Å². The highest BCUT2D eigenvalue weighted by atomic mass is 79.9. The van der Waals surface area contributed by atoms with Gasteiger partial charge in [-0.3, -0.25) is 9.79 Å². The standard InChI is InChI=1S/C12H11BrN2O2S/c13-9-3-1-8(2-4-9)7-10-11(17)15-12(18-10)14-5-6-16/h1-4,7,16H,5-6H2,(H,14,15,17)/b10-7-. The van der Waals surface area contributed by atoms with Crippen LogP contribution in [0.15, 0.2) is 38.6 Å². The van der Waals surface area contributed by atoms with Crippen LogP contribution < -0.4 is 5.32 Å². The molecular weight excluding hydrogens is 316 g/mol. The normalized spacial score (nSPS) is 19.6. The van der Waals surface area contributed by atoms with Crippen LogP contribution in [0.25, 0.3) is 6.08 Å². The Morgan fingerprint density at radius 1 is 1.39 bits per heavy atom. The molecule has 1 fully saturated rings. The minimum atomic E-state index is -0.153. The highest BCUT2D eigenvalue weighted by molar-refractivity contribution is 9.10. The topological polar surface area (TPSA) is 61.7 Å². The van der Waals surface area contributed by atoms with E-state index in [1.165, 1.54) is 11.8 Å². The van der Waals surface area contributed by atoms with E-state index in [4.69, 9.17) is 5.11 Å². The summed E-state index contributed by atoms with van der Waals surface area (Å²) in [4.78, 5) is 16.3. The zero-order chi connectivity index (χ0) is 13.0. The van der Waals surface area contributed by atoms with Crippen LogP contribution in [-0.2, 0) is 4.79 Å². The SMILES string of the molecule is O=C1NC(=NCCO)S/C1=C\c1ccc(Br)cc1. The van der Waals surface area contributed by atoms with E-state index in [-0.39, 0.29) is 12.5 Å². The Kier molecular flexibility index (Phi) is 4.57. The second-order valence-electron chi connectivity index (χ2n) is 3.53. The Morgan fingerprint density at radius 2 is 2.11 bits per heavy atom. The van der Waals surface area contributed by atoms with Gasteiger partial charge in [-0.25, -0.2) is 0 Å². The van der Waals surface area contributed by atoms with Gasteiger partial charge in [0.1, 0.15) is 0 Å². The van der Waals surface area contributed by atoms with Gasteiger partial charge in [0.2, 0.25) is 0 Å². The van der Waals surface area contributed by atoms with E-state index in [9.17, 15) is 4.79 Å². The number of amides is 1. The number of aliphatic hydroxyl groups excluding tert-OH is 1. The van der Waals surface area contributed by atoms with Gasteiger partial charge in [-0.2, -0.15) is 0 Å². The number of benzene rings is 1. The fourth-order valence-electron chi connectivity index (χ4n) is 1.36. The molecule has 1 aromatic carbocycles. The molecule has 1 aromatic rings. The van der Waals surface area contributed by atoms with Crippen molar-refractivity contribution < 1.29 is 9.90 Å². The molecule has 0 atom stereocenters. The number of hydrogen-bond donors (Lipinski definition) is 2. The molecule has 2 rings (SSSR count). The van der Waals surface area contributed by atoms with Gasteiger partial charge in [0, 0.05) is 4.47 Å². The number of thioether (sulfide) groups is 1. The van der Waals surface area contributed by atoms with Gasteiger partial charge in [-0.1, -0.05) is 28.1 Å². The van der Waals surface area contributed by atoms with Crippen LogP contribution in [0.1, 0.15) is 5.56 Å². The van der Waals surface area contributed by atoms with Crippen molar-refractivity contribution in [2.75, 3.05) is 13.2 Å². The number of nitrogens with one attached hydrogen (secondary N) is 1. The molecule has 18 heavy (non-hydrogen) atoms. The lowest BCUT2D eigenvalue weighted by molar-refractivity contribution is -0.115. The van der Waals surface area contributed by atoms with Gasteiger partial charge >= 0.3 is 0 Å². The lowest BCUT2D eigenvalue weighted by Gasteiger charge is -1.95. The highest BCUT2D eigenvalue weighted by Crippen LogP contribution is 2.26. The average molecular weight is 327 g/mol. The van der Waals surface area contributed by atoms with Crippen molar-refractivity contribution in [3.63, 3.8) is 0 Å². The van der Waals surface area contributed by atoms with Crippen molar-refractivity contribution in [3.8, 4) is 0 Å². The van der Waals surface area contributed by atoms with Gasteiger partial charge in [0.25, 0.3) is 5.91 Å². The smallest absolute Gasteiger partial charge is 0.264 e. The minimum Gasteiger partial charge on any atom is -0.394 e. The third-order valence-corrected chi connectivity index (χ3v) is 3.65. The maximum atomic E-state index is 11.7. The molecule has 0 bridgehead atoms. The number of rotatable bonds is 3. The summed E-state index contributed by atoms with van der Waals surface area (Å²) in [7, 11) is 0. The first kappa shape index (κ1) is 13.3. The third-order valence-electron chi connectivity index (χ3n) is 2.17. The summed E-state index contributed by atoms with van der Waals surface area (Å²) in [6.07, 6.45) is 1.81. The Labute approximate surface area is 117 Å². The average Bonchev–Trinajstić information content (AvgIpc) is 2.70. The van der Waals surface area contributed by atoms with Gasteiger partial charge in [0.05, 0.1) is 18.1 Å². The van der Waals surface area contributed by atoms with Crippen LogP contribution in [0.3, 0.4) is 0 Å². The molecule has 1 amide bonds. The fourth-order valence-corrected chi connectivity index (χ4v) is 2.47. The number of aliphatic hydroxyl groups is 1. The number of halogens is 1. The molecule has 2 N–H and O–H groups in total. The molecule has 0 unspecified atom stereocenters. The van der Waals surface area contributed by atoms with Crippen molar-refractivity contribution in [2.24, 2.45) is 4.99 Å². The summed E-state index contributed by atoms with van der Waals surface area (Å²) >= 11 is 4.65. The van der Waals surface area contributed by atoms with E-state index >= 15 is 0 Å². The molecule has 0 aromatic heterocycles. The summed E-state index contributed by atoms with van der Waals surface area (Å²) in [5.74, 6) is -0.153. The summed E-state index contributed by atoms with van der Waals surface area (Å²) in [5.41, 5.74) is 0.958. The Hall–Kier alpha value is -1.11. The van der Waals surface area contributed by atoms with Crippen LogP contribution in [-0.4, -0.2) is 29.3 Å². The van der Waals surface area contributed by atoms with Gasteiger partial charge in [-0.15, -0.1) is 0 Å². The molecule has 0 radical (unpaired) electrons. The summed E-state index contributed by atoms with van der Waals surface area (Å²) < 4.78 is 0.998. The monoisotopic (exact) mass is 326 g/mol. The Bertz CT molecular complexity index is 511. The molecule has 94 valence electrons. The van der Waals surface area contributed by atoms with Crippen LogP contribution >= 0.6 is 27.7 Å². The molecule has 1 aliphatic rings. The molecular formula is C12H11BrN2O2S. The largest absolute Gasteiger partial charge is 0.394 e. The second-order valence-corrected chi connectivity index (χ2v) is 5.47. The lowest BCUT2D eigenvalue weighted by atomic mass is 10.2. The van der Waals surface area contributed by atoms with Crippen molar-refractivity contribution >= 4 is 44.8 Å². The molecule has 0 spiro atoms. The number of hydrogen-bond acceptors (Lipinski definition) is 4. The fraction of sp³-hybridized carbons (Fsp3) is 0.167. The molecule has 0 aliphatic carbocycles. The molecule has 1 saturated heterocycles. The molecule has 1 heterocycles. The molecule has 4 nitrogen and oxygen atoms in total. The van der Waals surface area contributed by atoms with E-state index in [0.717, 1.165) is 10.0 Å². The number of aliphatic imine (C=N–C) groups is 1. The first-order valence-electron chi connectivity index (χ1n) is 5.31. The first-order valence-corrected chi connectivity index (χ1v) is 6.92. The Morgan fingerprint density at radius 3 is 2.78 bits per heavy atom. The van der Waals surface area contributed by atoms with Gasteiger partial charge < -0.3 is 10.4 Å². The highest BCUT2D eigenvalue weighted by Gasteiger charge is 2.23. The number of carbonyl (C=O) groups excluding carboxylic acids is 1.